The van der Waals surface area contributed by atoms with Crippen molar-refractivity contribution in [1.82, 2.24) is 0 Å². The van der Waals surface area contributed by atoms with Gasteiger partial charge in [0.15, 0.2) is 0 Å². The standard InChI is InChI=1S/C16H15NS.HI/c1-18-16(14-8-4-2-5-9-14)12-13-17-15-10-6-3-7-11-15;/h2-13H,1H3;1H/b16-12-,17-13?;. The van der Waals surface area contributed by atoms with Crippen molar-refractivity contribution in [2.45, 2.75) is 0 Å². The summed E-state index contributed by atoms with van der Waals surface area (Å²) in [5, 5.41) is 0. The average molecular weight is 381 g/mol. The number of rotatable bonds is 4. The summed E-state index contributed by atoms with van der Waals surface area (Å²) >= 11 is 1.73. The summed E-state index contributed by atoms with van der Waals surface area (Å²) < 4.78 is 0. The Hall–Kier alpha value is -1.07. The van der Waals surface area contributed by atoms with Gasteiger partial charge >= 0.3 is 0 Å². The van der Waals surface area contributed by atoms with Crippen LogP contribution < -0.4 is 0 Å². The van der Waals surface area contributed by atoms with Crippen LogP contribution in [0.3, 0.4) is 0 Å². The molecule has 0 amide bonds. The number of thioether (sulfide) groups is 1. The first kappa shape index (κ1) is 16.0. The van der Waals surface area contributed by atoms with Crippen molar-refractivity contribution in [3.05, 3.63) is 72.3 Å². The third-order valence-electron chi connectivity index (χ3n) is 2.48. The molecule has 1 nitrogen and oxygen atoms in total. The normalized spacial score (nSPS) is 11.3. The highest BCUT2D eigenvalue weighted by Crippen LogP contribution is 2.24. The van der Waals surface area contributed by atoms with Crippen molar-refractivity contribution in [2.24, 2.45) is 4.99 Å². The van der Waals surface area contributed by atoms with Crippen molar-refractivity contribution < 1.29 is 0 Å². The van der Waals surface area contributed by atoms with E-state index in [1.165, 1.54) is 10.5 Å². The van der Waals surface area contributed by atoms with Gasteiger partial charge < -0.3 is 0 Å². The van der Waals surface area contributed by atoms with Crippen molar-refractivity contribution >= 4 is 52.5 Å². The van der Waals surface area contributed by atoms with Crippen molar-refractivity contribution in [2.75, 3.05) is 6.26 Å². The van der Waals surface area contributed by atoms with Gasteiger partial charge in [0.1, 0.15) is 0 Å². The Morgan fingerprint density at radius 3 is 2.11 bits per heavy atom. The highest BCUT2D eigenvalue weighted by atomic mass is 127. The molecule has 0 saturated heterocycles. The average Bonchev–Trinajstić information content (AvgIpc) is 2.46. The maximum atomic E-state index is 4.40. The molecule has 2 aromatic rings. The lowest BCUT2D eigenvalue weighted by atomic mass is 10.2. The predicted molar refractivity (Wildman–Crippen MR) is 97.9 cm³/mol. The van der Waals surface area contributed by atoms with Gasteiger partial charge in [0.2, 0.25) is 0 Å². The molecule has 0 aliphatic carbocycles. The van der Waals surface area contributed by atoms with Crippen molar-refractivity contribution in [1.29, 1.82) is 0 Å². The van der Waals surface area contributed by atoms with E-state index < -0.39 is 0 Å². The monoisotopic (exact) mass is 381 g/mol. The molecule has 0 aliphatic heterocycles. The maximum Gasteiger partial charge on any atom is 0.0629 e. The van der Waals surface area contributed by atoms with Crippen LogP contribution in [0.5, 0.6) is 0 Å². The molecular weight excluding hydrogens is 365 g/mol. The molecule has 0 bridgehead atoms. The van der Waals surface area contributed by atoms with Crippen LogP contribution in [0.1, 0.15) is 5.56 Å². The Labute approximate surface area is 135 Å². The van der Waals surface area contributed by atoms with Crippen LogP contribution in [-0.4, -0.2) is 12.5 Å². The van der Waals surface area contributed by atoms with E-state index in [1.54, 1.807) is 11.8 Å². The molecule has 0 unspecified atom stereocenters. The third-order valence-corrected chi connectivity index (χ3v) is 3.30. The molecule has 0 fully saturated rings. The van der Waals surface area contributed by atoms with Gasteiger partial charge in [-0.3, -0.25) is 4.99 Å². The van der Waals surface area contributed by atoms with Gasteiger partial charge in [0.05, 0.1) is 5.69 Å². The maximum absolute atomic E-state index is 4.40. The molecule has 0 atom stereocenters. The molecule has 0 aromatic heterocycles. The van der Waals surface area contributed by atoms with Gasteiger partial charge in [0.25, 0.3) is 0 Å². The summed E-state index contributed by atoms with van der Waals surface area (Å²) in [6, 6.07) is 20.3. The van der Waals surface area contributed by atoms with E-state index in [4.69, 9.17) is 0 Å². The first-order chi connectivity index (χ1) is 8.90. The number of hydrogen-bond donors (Lipinski definition) is 0. The van der Waals surface area contributed by atoms with Crippen LogP contribution in [0.4, 0.5) is 5.69 Å². The molecule has 19 heavy (non-hydrogen) atoms. The number of benzene rings is 2. The van der Waals surface area contributed by atoms with E-state index in [9.17, 15) is 0 Å². The number of hydrogen-bond acceptors (Lipinski definition) is 2. The Balaban J connectivity index is 0.00000180. The third kappa shape index (κ3) is 5.20. The predicted octanol–water partition coefficient (Wildman–Crippen LogP) is 5.41. The summed E-state index contributed by atoms with van der Waals surface area (Å²) in [5.41, 5.74) is 2.20. The first-order valence-electron chi connectivity index (χ1n) is 5.79. The van der Waals surface area contributed by atoms with Crippen LogP contribution in [-0.2, 0) is 0 Å². The largest absolute Gasteiger partial charge is 0.257 e. The Kier molecular flexibility index (Phi) is 7.52. The second kappa shape index (κ2) is 8.93. The van der Waals surface area contributed by atoms with Crippen LogP contribution in [0.2, 0.25) is 0 Å². The van der Waals surface area contributed by atoms with Crippen LogP contribution in [0.15, 0.2) is 71.7 Å². The number of nitrogens with zero attached hydrogens (tertiary/aromatic N) is 1. The number of aliphatic imine (C=N–C) groups is 1. The minimum Gasteiger partial charge on any atom is -0.257 e. The lowest BCUT2D eigenvalue weighted by molar-refractivity contribution is 1.54. The second-order valence-electron chi connectivity index (χ2n) is 3.71. The lowest BCUT2D eigenvalue weighted by Gasteiger charge is -2.01. The number of allylic oxidation sites excluding steroid dienone is 1. The fourth-order valence-corrected chi connectivity index (χ4v) is 2.16. The number of para-hydroxylation sites is 1. The van der Waals surface area contributed by atoms with Crippen LogP contribution >= 0.6 is 35.7 Å². The summed E-state index contributed by atoms with van der Waals surface area (Å²) in [7, 11) is 0. The molecule has 3 heteroatoms. The summed E-state index contributed by atoms with van der Waals surface area (Å²) in [6.45, 7) is 0. The highest BCUT2D eigenvalue weighted by molar-refractivity contribution is 14.0. The molecule has 0 radical (unpaired) electrons. The first-order valence-corrected chi connectivity index (χ1v) is 7.01. The summed E-state index contributed by atoms with van der Waals surface area (Å²) in [4.78, 5) is 5.62. The van der Waals surface area contributed by atoms with E-state index >= 15 is 0 Å². The van der Waals surface area contributed by atoms with E-state index in [0.717, 1.165) is 5.69 Å². The Morgan fingerprint density at radius 2 is 1.53 bits per heavy atom. The SMILES string of the molecule is CS/C(=C\C=Nc1ccccc1)c1ccccc1.I. The zero-order chi connectivity index (χ0) is 12.6. The second-order valence-corrected chi connectivity index (χ2v) is 4.56. The van der Waals surface area contributed by atoms with Gasteiger partial charge in [-0.15, -0.1) is 35.7 Å². The molecule has 2 rings (SSSR count). The molecule has 0 heterocycles. The molecular formula is C16H16INS. The zero-order valence-corrected chi connectivity index (χ0v) is 13.8. The molecule has 0 N–H and O–H groups in total. The van der Waals surface area contributed by atoms with Gasteiger partial charge in [-0.25, -0.2) is 0 Å². The molecule has 0 saturated carbocycles. The van der Waals surface area contributed by atoms with Crippen molar-refractivity contribution in [3.8, 4) is 0 Å². The molecule has 0 aliphatic rings. The quantitative estimate of drug-likeness (QED) is 0.510. The summed E-state index contributed by atoms with van der Waals surface area (Å²) in [5.74, 6) is 0. The zero-order valence-electron chi connectivity index (χ0n) is 10.7. The molecule has 2 aromatic carbocycles. The Bertz CT molecular complexity index is 535. The van der Waals surface area contributed by atoms with E-state index in [2.05, 4.69) is 23.4 Å². The van der Waals surface area contributed by atoms with Crippen LogP contribution in [0, 0.1) is 0 Å². The van der Waals surface area contributed by atoms with Gasteiger partial charge in [-0.1, -0.05) is 48.5 Å². The highest BCUT2D eigenvalue weighted by Gasteiger charge is 1.96. The van der Waals surface area contributed by atoms with E-state index in [0.29, 0.717) is 0 Å². The van der Waals surface area contributed by atoms with Gasteiger partial charge in [-0.05, 0) is 30.0 Å². The molecule has 98 valence electrons. The van der Waals surface area contributed by atoms with Gasteiger partial charge in [0, 0.05) is 11.1 Å². The van der Waals surface area contributed by atoms with E-state index in [1.807, 2.05) is 60.8 Å². The smallest absolute Gasteiger partial charge is 0.0629 e. The van der Waals surface area contributed by atoms with Crippen molar-refractivity contribution in [3.63, 3.8) is 0 Å². The van der Waals surface area contributed by atoms with Gasteiger partial charge in [-0.2, -0.15) is 0 Å². The topological polar surface area (TPSA) is 12.4 Å². The Morgan fingerprint density at radius 1 is 0.947 bits per heavy atom. The fourth-order valence-electron chi connectivity index (χ4n) is 1.59. The number of halogens is 1. The summed E-state index contributed by atoms with van der Waals surface area (Å²) in [6.07, 6.45) is 5.98. The minimum atomic E-state index is 0. The van der Waals surface area contributed by atoms with E-state index in [-0.39, 0.29) is 24.0 Å². The van der Waals surface area contributed by atoms with Crippen LogP contribution in [0.25, 0.3) is 4.91 Å². The molecule has 0 spiro atoms. The fraction of sp³-hybridized carbons (Fsp3) is 0.0625. The lowest BCUT2D eigenvalue weighted by Crippen LogP contribution is -1.79. The minimum absolute atomic E-state index is 0.